The average Bonchev–Trinajstić information content (AvgIpc) is 2.04. The summed E-state index contributed by atoms with van der Waals surface area (Å²) in [6, 6.07) is 4.06. The van der Waals surface area contributed by atoms with Gasteiger partial charge in [-0.3, -0.25) is 0 Å². The highest BCUT2D eigenvalue weighted by atomic mass is 14.8. The lowest BCUT2D eigenvalue weighted by atomic mass is 9.96. The van der Waals surface area contributed by atoms with Gasteiger partial charge in [0.2, 0.25) is 0 Å². The maximum atomic E-state index is 5.72. The van der Waals surface area contributed by atoms with Crippen molar-refractivity contribution < 1.29 is 0 Å². The molecule has 72 valence electrons. The molecule has 3 nitrogen and oxygen atoms in total. The molecule has 0 aliphatic carbocycles. The predicted octanol–water partition coefficient (Wildman–Crippen LogP) is 1.50. The topological polar surface area (TPSA) is 64.9 Å². The van der Waals surface area contributed by atoms with E-state index >= 15 is 0 Å². The number of hydrogen-bond acceptors (Lipinski definition) is 3. The van der Waals surface area contributed by atoms with Gasteiger partial charge in [-0.2, -0.15) is 0 Å². The van der Waals surface area contributed by atoms with E-state index in [9.17, 15) is 0 Å². The third kappa shape index (κ3) is 3.03. The molecule has 1 aromatic rings. The fourth-order valence-electron chi connectivity index (χ4n) is 1.40. The molecule has 2 unspecified atom stereocenters. The Morgan fingerprint density at radius 3 is 2.54 bits per heavy atom. The molecule has 0 aliphatic rings. The molecule has 1 heterocycles. The molecule has 0 spiro atoms. The fourth-order valence-corrected chi connectivity index (χ4v) is 1.40. The SMILES string of the molecule is CC(N)CC(C)c1ccc(N)nc1. The molecule has 1 rings (SSSR count). The highest BCUT2D eigenvalue weighted by molar-refractivity contribution is 5.30. The second-order valence-corrected chi connectivity index (χ2v) is 3.63. The number of nitrogens with two attached hydrogens (primary N) is 2. The number of pyridine rings is 1. The summed E-state index contributed by atoms with van der Waals surface area (Å²) in [7, 11) is 0. The zero-order valence-electron chi connectivity index (χ0n) is 8.20. The zero-order valence-corrected chi connectivity index (χ0v) is 8.20. The van der Waals surface area contributed by atoms with E-state index in [1.807, 2.05) is 25.3 Å². The Hall–Kier alpha value is -1.09. The van der Waals surface area contributed by atoms with Crippen LogP contribution in [0.1, 0.15) is 31.7 Å². The van der Waals surface area contributed by atoms with E-state index in [1.54, 1.807) is 0 Å². The third-order valence-corrected chi connectivity index (χ3v) is 2.10. The van der Waals surface area contributed by atoms with Crippen LogP contribution in [-0.4, -0.2) is 11.0 Å². The van der Waals surface area contributed by atoms with Gasteiger partial charge >= 0.3 is 0 Å². The Kier molecular flexibility index (Phi) is 3.25. The van der Waals surface area contributed by atoms with Gasteiger partial charge in [-0.15, -0.1) is 0 Å². The van der Waals surface area contributed by atoms with E-state index in [4.69, 9.17) is 11.5 Å². The van der Waals surface area contributed by atoms with Crippen LogP contribution < -0.4 is 11.5 Å². The molecule has 13 heavy (non-hydrogen) atoms. The van der Waals surface area contributed by atoms with Gasteiger partial charge in [-0.25, -0.2) is 4.98 Å². The van der Waals surface area contributed by atoms with Crippen molar-refractivity contribution in [2.75, 3.05) is 5.73 Å². The fraction of sp³-hybridized carbons (Fsp3) is 0.500. The Balaban J connectivity index is 2.66. The number of aromatic nitrogens is 1. The number of nitrogen functional groups attached to an aromatic ring is 1. The summed E-state index contributed by atoms with van der Waals surface area (Å²) in [4.78, 5) is 4.04. The summed E-state index contributed by atoms with van der Waals surface area (Å²) in [5.74, 6) is 1.02. The molecule has 2 atom stereocenters. The molecule has 0 fully saturated rings. The molecule has 0 saturated carbocycles. The molecule has 0 bridgehead atoms. The monoisotopic (exact) mass is 179 g/mol. The van der Waals surface area contributed by atoms with Gasteiger partial charge in [-0.05, 0) is 30.9 Å². The first-order valence-electron chi connectivity index (χ1n) is 4.56. The van der Waals surface area contributed by atoms with Crippen LogP contribution in [0.5, 0.6) is 0 Å². The van der Waals surface area contributed by atoms with Crippen LogP contribution in [-0.2, 0) is 0 Å². The van der Waals surface area contributed by atoms with Crippen molar-refractivity contribution in [1.82, 2.24) is 4.98 Å². The predicted molar refractivity (Wildman–Crippen MR) is 55.3 cm³/mol. The van der Waals surface area contributed by atoms with Crippen molar-refractivity contribution in [1.29, 1.82) is 0 Å². The Bertz CT molecular complexity index is 253. The molecule has 0 aliphatic heterocycles. The van der Waals surface area contributed by atoms with Gasteiger partial charge in [0.05, 0.1) is 0 Å². The van der Waals surface area contributed by atoms with E-state index in [2.05, 4.69) is 11.9 Å². The molecule has 0 radical (unpaired) electrons. The lowest BCUT2D eigenvalue weighted by molar-refractivity contribution is 0.585. The summed E-state index contributed by atoms with van der Waals surface area (Å²) in [5.41, 5.74) is 12.4. The minimum absolute atomic E-state index is 0.229. The molecule has 0 aromatic carbocycles. The smallest absolute Gasteiger partial charge is 0.123 e. The first-order valence-corrected chi connectivity index (χ1v) is 4.56. The van der Waals surface area contributed by atoms with Crippen molar-refractivity contribution in [2.45, 2.75) is 32.2 Å². The van der Waals surface area contributed by atoms with Gasteiger partial charge in [-0.1, -0.05) is 13.0 Å². The van der Waals surface area contributed by atoms with Gasteiger partial charge in [0, 0.05) is 12.2 Å². The maximum absolute atomic E-state index is 5.72. The Morgan fingerprint density at radius 2 is 2.08 bits per heavy atom. The average molecular weight is 179 g/mol. The second-order valence-electron chi connectivity index (χ2n) is 3.63. The van der Waals surface area contributed by atoms with E-state index in [0.29, 0.717) is 11.7 Å². The van der Waals surface area contributed by atoms with Crippen molar-refractivity contribution in [3.63, 3.8) is 0 Å². The van der Waals surface area contributed by atoms with E-state index in [0.717, 1.165) is 6.42 Å². The number of hydrogen-bond donors (Lipinski definition) is 2. The van der Waals surface area contributed by atoms with Gasteiger partial charge < -0.3 is 11.5 Å². The van der Waals surface area contributed by atoms with E-state index < -0.39 is 0 Å². The lowest BCUT2D eigenvalue weighted by Crippen LogP contribution is -2.17. The van der Waals surface area contributed by atoms with E-state index in [-0.39, 0.29) is 6.04 Å². The Labute approximate surface area is 79.2 Å². The van der Waals surface area contributed by atoms with Crippen LogP contribution in [0, 0.1) is 0 Å². The normalized spacial score (nSPS) is 15.3. The van der Waals surface area contributed by atoms with Crippen LogP contribution in [0.2, 0.25) is 0 Å². The Morgan fingerprint density at radius 1 is 1.38 bits per heavy atom. The molecule has 0 amide bonds. The van der Waals surface area contributed by atoms with Gasteiger partial charge in [0.15, 0.2) is 0 Å². The summed E-state index contributed by atoms with van der Waals surface area (Å²) < 4.78 is 0. The van der Waals surface area contributed by atoms with Gasteiger partial charge in [0.25, 0.3) is 0 Å². The number of rotatable bonds is 3. The highest BCUT2D eigenvalue weighted by Crippen LogP contribution is 2.19. The van der Waals surface area contributed by atoms with Crippen LogP contribution in [0.25, 0.3) is 0 Å². The molecule has 1 aromatic heterocycles. The van der Waals surface area contributed by atoms with Crippen molar-refractivity contribution >= 4 is 5.82 Å². The minimum Gasteiger partial charge on any atom is -0.384 e. The standard InChI is InChI=1S/C10H17N3/c1-7(5-8(2)11)9-3-4-10(12)13-6-9/h3-4,6-8H,5,11H2,1-2H3,(H2,12,13). The second kappa shape index (κ2) is 4.23. The quantitative estimate of drug-likeness (QED) is 0.739. The minimum atomic E-state index is 0.229. The van der Waals surface area contributed by atoms with Crippen LogP contribution in [0.4, 0.5) is 5.82 Å². The molecular formula is C10H17N3. The largest absolute Gasteiger partial charge is 0.384 e. The summed E-state index contributed by atoms with van der Waals surface area (Å²) in [5, 5.41) is 0. The molecule has 0 saturated heterocycles. The van der Waals surface area contributed by atoms with Crippen molar-refractivity contribution in [2.24, 2.45) is 5.73 Å². The van der Waals surface area contributed by atoms with Crippen LogP contribution in [0.3, 0.4) is 0 Å². The van der Waals surface area contributed by atoms with Crippen molar-refractivity contribution in [3.8, 4) is 0 Å². The molecule has 4 N–H and O–H groups in total. The summed E-state index contributed by atoms with van der Waals surface area (Å²) in [6.45, 7) is 4.16. The van der Waals surface area contributed by atoms with Gasteiger partial charge in [0.1, 0.15) is 5.82 Å². The third-order valence-electron chi connectivity index (χ3n) is 2.10. The van der Waals surface area contributed by atoms with E-state index in [1.165, 1.54) is 5.56 Å². The lowest BCUT2D eigenvalue weighted by Gasteiger charge is -2.13. The number of nitrogens with zero attached hydrogens (tertiary/aromatic N) is 1. The van der Waals surface area contributed by atoms with Crippen LogP contribution in [0.15, 0.2) is 18.3 Å². The highest BCUT2D eigenvalue weighted by Gasteiger charge is 2.07. The first kappa shape index (κ1) is 9.99. The molecular weight excluding hydrogens is 162 g/mol. The molecule has 3 heteroatoms. The maximum Gasteiger partial charge on any atom is 0.123 e. The number of anilines is 1. The first-order chi connectivity index (χ1) is 6.09. The zero-order chi connectivity index (χ0) is 9.84. The van der Waals surface area contributed by atoms with Crippen molar-refractivity contribution in [3.05, 3.63) is 23.9 Å². The summed E-state index contributed by atoms with van der Waals surface area (Å²) >= 11 is 0. The van der Waals surface area contributed by atoms with Crippen LogP contribution >= 0.6 is 0 Å². The summed E-state index contributed by atoms with van der Waals surface area (Å²) in [6.07, 6.45) is 2.80.